The zero-order valence-electron chi connectivity index (χ0n) is 19.9. The van der Waals surface area contributed by atoms with Crippen molar-refractivity contribution in [3.63, 3.8) is 0 Å². The quantitative estimate of drug-likeness (QED) is 0.523. The Morgan fingerprint density at radius 2 is 1.86 bits per heavy atom. The van der Waals surface area contributed by atoms with Gasteiger partial charge in [0.25, 0.3) is 5.91 Å². The van der Waals surface area contributed by atoms with Gasteiger partial charge in [0.1, 0.15) is 6.04 Å². The first-order chi connectivity index (χ1) is 17.0. The molecular weight excluding hydrogens is 442 g/mol. The minimum absolute atomic E-state index is 0.137. The smallest absolute Gasteiger partial charge is 0.255 e. The Kier molecular flexibility index (Phi) is 6.95. The van der Waals surface area contributed by atoms with Gasteiger partial charge in [0.2, 0.25) is 11.8 Å². The molecule has 0 bridgehead atoms. The molecule has 0 saturated carbocycles. The third-order valence-electron chi connectivity index (χ3n) is 7.45. The second-order valence-electron chi connectivity index (χ2n) is 9.96. The van der Waals surface area contributed by atoms with E-state index in [2.05, 4.69) is 39.8 Å². The van der Waals surface area contributed by atoms with Crippen molar-refractivity contribution in [3.05, 3.63) is 70.8 Å². The first-order valence-electron chi connectivity index (χ1n) is 12.5. The van der Waals surface area contributed by atoms with Crippen molar-refractivity contribution in [1.82, 2.24) is 20.4 Å². The summed E-state index contributed by atoms with van der Waals surface area (Å²) in [6.07, 6.45) is 1.63. The summed E-state index contributed by atoms with van der Waals surface area (Å²) in [5.41, 5.74) is 10.4. The topological polar surface area (TPSA) is 108 Å². The van der Waals surface area contributed by atoms with Gasteiger partial charge in [-0.3, -0.25) is 24.6 Å². The lowest BCUT2D eigenvalue weighted by Gasteiger charge is -2.37. The molecule has 2 fully saturated rings. The number of amides is 3. The third-order valence-corrected chi connectivity index (χ3v) is 7.45. The second kappa shape index (κ2) is 10.3. The molecule has 4 N–H and O–H groups in total. The van der Waals surface area contributed by atoms with Crippen LogP contribution in [0.5, 0.6) is 0 Å². The van der Waals surface area contributed by atoms with Crippen molar-refractivity contribution in [2.45, 2.75) is 51.0 Å². The van der Waals surface area contributed by atoms with E-state index in [4.69, 9.17) is 5.73 Å². The molecule has 0 aliphatic carbocycles. The van der Waals surface area contributed by atoms with Gasteiger partial charge < -0.3 is 16.0 Å². The molecule has 1 unspecified atom stereocenters. The van der Waals surface area contributed by atoms with Gasteiger partial charge in [0, 0.05) is 50.7 Å². The lowest BCUT2D eigenvalue weighted by Crippen LogP contribution is -2.52. The van der Waals surface area contributed by atoms with Gasteiger partial charge in [-0.1, -0.05) is 42.5 Å². The van der Waals surface area contributed by atoms with Crippen LogP contribution in [0.1, 0.15) is 46.3 Å². The van der Waals surface area contributed by atoms with Crippen LogP contribution in [-0.4, -0.2) is 59.2 Å². The van der Waals surface area contributed by atoms with Crippen LogP contribution < -0.4 is 16.4 Å². The fourth-order valence-corrected chi connectivity index (χ4v) is 5.44. The molecule has 8 heteroatoms. The van der Waals surface area contributed by atoms with E-state index in [1.165, 1.54) is 5.56 Å². The predicted molar refractivity (Wildman–Crippen MR) is 132 cm³/mol. The van der Waals surface area contributed by atoms with Gasteiger partial charge in [0.15, 0.2) is 0 Å². The van der Waals surface area contributed by atoms with Gasteiger partial charge in [-0.05, 0) is 48.1 Å². The van der Waals surface area contributed by atoms with Gasteiger partial charge in [-0.25, -0.2) is 0 Å². The maximum absolute atomic E-state index is 13.0. The molecule has 3 amide bonds. The molecule has 3 aliphatic rings. The summed E-state index contributed by atoms with van der Waals surface area (Å²) in [5.74, 6) is -0.423. The van der Waals surface area contributed by atoms with E-state index in [0.717, 1.165) is 43.7 Å². The van der Waals surface area contributed by atoms with Gasteiger partial charge in [-0.15, -0.1) is 0 Å². The predicted octanol–water partition coefficient (Wildman–Crippen LogP) is 1.39. The van der Waals surface area contributed by atoms with Crippen LogP contribution in [0.25, 0.3) is 0 Å². The van der Waals surface area contributed by atoms with Gasteiger partial charge in [-0.2, -0.15) is 0 Å². The molecule has 3 heterocycles. The fourth-order valence-electron chi connectivity index (χ4n) is 5.44. The minimum atomic E-state index is -0.583. The van der Waals surface area contributed by atoms with E-state index >= 15 is 0 Å². The average Bonchev–Trinajstić information content (AvgIpc) is 3.17. The van der Waals surface area contributed by atoms with Crippen LogP contribution in [0, 0.1) is 5.92 Å². The molecule has 0 aromatic heterocycles. The highest BCUT2D eigenvalue weighted by Gasteiger charge is 2.39. The Labute approximate surface area is 205 Å². The molecule has 3 aliphatic heterocycles. The summed E-state index contributed by atoms with van der Waals surface area (Å²) in [7, 11) is 0. The number of likely N-dealkylation sites (tertiary alicyclic amines) is 1. The van der Waals surface area contributed by atoms with Crippen molar-refractivity contribution in [2.75, 3.05) is 19.6 Å². The van der Waals surface area contributed by atoms with E-state index < -0.39 is 6.04 Å². The number of hydrogen-bond donors (Lipinski definition) is 3. The number of nitrogens with one attached hydrogen (secondary N) is 2. The number of imide groups is 1. The monoisotopic (exact) mass is 475 g/mol. The standard InChI is InChI=1S/C27H33N5O3/c28-23-10-11-31(15-18-4-2-1-3-5-18)16-21(23)14-29-13-19-6-7-20-17-32(27(35)22(20)12-19)24-8-9-25(33)30-26(24)34/h1-7,12,21,23-24,29H,8-11,13-17,28H2,(H,30,33,34)/t21-,23-,24?/m1/s1. The van der Waals surface area contributed by atoms with E-state index in [0.29, 0.717) is 31.0 Å². The molecule has 0 radical (unpaired) electrons. The molecule has 2 saturated heterocycles. The highest BCUT2D eigenvalue weighted by Crippen LogP contribution is 2.28. The number of fused-ring (bicyclic) bond motifs is 1. The minimum Gasteiger partial charge on any atom is -0.327 e. The van der Waals surface area contributed by atoms with E-state index in [9.17, 15) is 14.4 Å². The summed E-state index contributed by atoms with van der Waals surface area (Å²) in [6.45, 7) is 4.81. The number of nitrogens with zero attached hydrogens (tertiary/aromatic N) is 2. The van der Waals surface area contributed by atoms with Crippen LogP contribution in [-0.2, 0) is 29.2 Å². The fraction of sp³-hybridized carbons (Fsp3) is 0.444. The summed E-state index contributed by atoms with van der Waals surface area (Å²) in [4.78, 5) is 40.8. The highest BCUT2D eigenvalue weighted by molar-refractivity contribution is 6.05. The number of carbonyl (C=O) groups excluding carboxylic acids is 3. The van der Waals surface area contributed by atoms with Crippen LogP contribution in [0.2, 0.25) is 0 Å². The summed E-state index contributed by atoms with van der Waals surface area (Å²) >= 11 is 0. The average molecular weight is 476 g/mol. The van der Waals surface area contributed by atoms with Crippen molar-refractivity contribution in [2.24, 2.45) is 11.7 Å². The Morgan fingerprint density at radius 1 is 1.03 bits per heavy atom. The van der Waals surface area contributed by atoms with Crippen molar-refractivity contribution < 1.29 is 14.4 Å². The Morgan fingerprint density at radius 3 is 2.66 bits per heavy atom. The van der Waals surface area contributed by atoms with Crippen molar-refractivity contribution >= 4 is 17.7 Å². The lowest BCUT2D eigenvalue weighted by atomic mass is 9.92. The molecular formula is C27H33N5O3. The molecule has 5 rings (SSSR count). The molecule has 8 nitrogen and oxygen atoms in total. The van der Waals surface area contributed by atoms with E-state index in [-0.39, 0.29) is 30.2 Å². The Bertz CT molecular complexity index is 1110. The first kappa shape index (κ1) is 23.7. The zero-order chi connectivity index (χ0) is 24.4. The number of carbonyl (C=O) groups is 3. The largest absolute Gasteiger partial charge is 0.327 e. The number of benzene rings is 2. The van der Waals surface area contributed by atoms with Gasteiger partial charge >= 0.3 is 0 Å². The van der Waals surface area contributed by atoms with Crippen molar-refractivity contribution in [1.29, 1.82) is 0 Å². The highest BCUT2D eigenvalue weighted by atomic mass is 16.2. The molecule has 0 spiro atoms. The Balaban J connectivity index is 1.15. The lowest BCUT2D eigenvalue weighted by molar-refractivity contribution is -0.136. The summed E-state index contributed by atoms with van der Waals surface area (Å²) < 4.78 is 0. The molecule has 35 heavy (non-hydrogen) atoms. The number of nitrogens with two attached hydrogens (primary N) is 1. The molecule has 2 aromatic carbocycles. The number of rotatable bonds is 7. The van der Waals surface area contributed by atoms with Crippen LogP contribution in [0.15, 0.2) is 48.5 Å². The van der Waals surface area contributed by atoms with Crippen molar-refractivity contribution in [3.8, 4) is 0 Å². The zero-order valence-corrected chi connectivity index (χ0v) is 19.9. The van der Waals surface area contributed by atoms with Crippen LogP contribution in [0.3, 0.4) is 0 Å². The van der Waals surface area contributed by atoms with E-state index in [1.54, 1.807) is 4.90 Å². The number of hydrogen-bond acceptors (Lipinski definition) is 6. The van der Waals surface area contributed by atoms with Crippen LogP contribution in [0.4, 0.5) is 0 Å². The van der Waals surface area contributed by atoms with E-state index in [1.807, 2.05) is 24.3 Å². The normalized spacial score (nSPS) is 25.0. The Hall–Kier alpha value is -3.07. The summed E-state index contributed by atoms with van der Waals surface area (Å²) in [6, 6.07) is 16.1. The van der Waals surface area contributed by atoms with Gasteiger partial charge in [0.05, 0.1) is 0 Å². The van der Waals surface area contributed by atoms with Crippen LogP contribution >= 0.6 is 0 Å². The molecule has 2 aromatic rings. The number of piperidine rings is 2. The first-order valence-corrected chi connectivity index (χ1v) is 12.5. The summed E-state index contributed by atoms with van der Waals surface area (Å²) in [5, 5.41) is 5.89. The molecule has 3 atom stereocenters. The maximum Gasteiger partial charge on any atom is 0.255 e. The second-order valence-corrected chi connectivity index (χ2v) is 9.96. The molecule has 184 valence electrons. The maximum atomic E-state index is 13.0. The SMILES string of the molecule is N[C@@H]1CCN(Cc2ccccc2)C[C@H]1CNCc1ccc2c(c1)C(=O)N(C1CCC(=O)NC1=O)C2. The third kappa shape index (κ3) is 5.29.